The molecular weight excluding hydrogens is 406 g/mol. The Kier molecular flexibility index (Phi) is 6.89. The molecule has 0 unspecified atom stereocenters. The molecule has 0 radical (unpaired) electrons. The van der Waals surface area contributed by atoms with E-state index in [1.807, 2.05) is 6.92 Å². The van der Waals surface area contributed by atoms with Crippen LogP contribution < -0.4 is 10.1 Å². The molecule has 2 atom stereocenters. The molecule has 0 fully saturated rings. The third-order valence-electron chi connectivity index (χ3n) is 4.47. The van der Waals surface area contributed by atoms with Gasteiger partial charge in [0.25, 0.3) is 5.91 Å². The first-order valence-electron chi connectivity index (χ1n) is 9.56. The number of para-hydroxylation sites is 2. The van der Waals surface area contributed by atoms with Crippen LogP contribution in [0.3, 0.4) is 0 Å². The second-order valence-electron chi connectivity index (χ2n) is 6.82. The van der Waals surface area contributed by atoms with Crippen molar-refractivity contribution in [3.63, 3.8) is 0 Å². The lowest BCUT2D eigenvalue weighted by Gasteiger charge is -2.20. The molecule has 0 aromatic heterocycles. The van der Waals surface area contributed by atoms with Crippen molar-refractivity contribution in [3.8, 4) is 5.75 Å². The SMILES string of the molecule is CCOc1ccccc1NC(=O)[C@@H](OC(=O)C[C@H]1C=CS(=O)(=O)C1)c1ccccc1. The van der Waals surface area contributed by atoms with Gasteiger partial charge in [-0.05, 0) is 19.1 Å². The second kappa shape index (κ2) is 9.58. The normalized spacial score (nSPS) is 17.8. The van der Waals surface area contributed by atoms with E-state index in [0.717, 1.165) is 5.41 Å². The zero-order valence-electron chi connectivity index (χ0n) is 16.5. The summed E-state index contributed by atoms with van der Waals surface area (Å²) in [4.78, 5) is 25.5. The van der Waals surface area contributed by atoms with Crippen LogP contribution in [0.2, 0.25) is 0 Å². The van der Waals surface area contributed by atoms with E-state index in [9.17, 15) is 18.0 Å². The monoisotopic (exact) mass is 429 g/mol. The molecule has 1 heterocycles. The van der Waals surface area contributed by atoms with Crippen LogP contribution in [0, 0.1) is 5.92 Å². The van der Waals surface area contributed by atoms with Crippen molar-refractivity contribution >= 4 is 27.4 Å². The van der Waals surface area contributed by atoms with Crippen molar-refractivity contribution in [3.05, 3.63) is 71.6 Å². The number of nitrogens with one attached hydrogen (secondary N) is 1. The highest BCUT2D eigenvalue weighted by Gasteiger charge is 2.29. The van der Waals surface area contributed by atoms with Gasteiger partial charge < -0.3 is 14.8 Å². The highest BCUT2D eigenvalue weighted by atomic mass is 32.2. The second-order valence-corrected chi connectivity index (χ2v) is 8.75. The minimum absolute atomic E-state index is 0.123. The number of hydrogen-bond acceptors (Lipinski definition) is 6. The molecule has 2 aromatic carbocycles. The molecular formula is C22H23NO6S. The number of amides is 1. The van der Waals surface area contributed by atoms with Crippen LogP contribution in [0.5, 0.6) is 5.75 Å². The van der Waals surface area contributed by atoms with Crippen molar-refractivity contribution in [2.45, 2.75) is 19.4 Å². The predicted octanol–water partition coefficient (Wildman–Crippen LogP) is 3.26. The average Bonchev–Trinajstić information content (AvgIpc) is 3.06. The maximum atomic E-state index is 13.0. The van der Waals surface area contributed by atoms with Crippen LogP contribution in [-0.4, -0.2) is 32.7 Å². The molecule has 2 aromatic rings. The van der Waals surface area contributed by atoms with Crippen LogP contribution in [0.15, 0.2) is 66.1 Å². The largest absolute Gasteiger partial charge is 0.492 e. The Morgan fingerprint density at radius 2 is 1.80 bits per heavy atom. The summed E-state index contributed by atoms with van der Waals surface area (Å²) in [5.74, 6) is -1.26. The zero-order chi connectivity index (χ0) is 21.6. The van der Waals surface area contributed by atoms with Crippen LogP contribution >= 0.6 is 0 Å². The summed E-state index contributed by atoms with van der Waals surface area (Å²) in [7, 11) is -3.27. The molecule has 3 rings (SSSR count). The van der Waals surface area contributed by atoms with Crippen LogP contribution in [0.25, 0.3) is 0 Å². The van der Waals surface area contributed by atoms with Gasteiger partial charge in [-0.25, -0.2) is 8.42 Å². The first-order chi connectivity index (χ1) is 14.4. The van der Waals surface area contributed by atoms with Gasteiger partial charge in [-0.2, -0.15) is 0 Å². The van der Waals surface area contributed by atoms with E-state index < -0.39 is 33.7 Å². The molecule has 0 spiro atoms. The predicted molar refractivity (Wildman–Crippen MR) is 113 cm³/mol. The van der Waals surface area contributed by atoms with E-state index in [1.54, 1.807) is 54.6 Å². The lowest BCUT2D eigenvalue weighted by Crippen LogP contribution is -2.27. The van der Waals surface area contributed by atoms with Gasteiger partial charge in [0, 0.05) is 16.9 Å². The highest BCUT2D eigenvalue weighted by molar-refractivity contribution is 7.94. The molecule has 1 N–H and O–H groups in total. The van der Waals surface area contributed by atoms with E-state index in [2.05, 4.69) is 5.32 Å². The third kappa shape index (κ3) is 5.70. The summed E-state index contributed by atoms with van der Waals surface area (Å²) in [5, 5.41) is 3.86. The molecule has 0 bridgehead atoms. The molecule has 0 aliphatic carbocycles. The Morgan fingerprint density at radius 1 is 1.10 bits per heavy atom. The number of sulfone groups is 1. The fourth-order valence-corrected chi connectivity index (χ4v) is 4.51. The van der Waals surface area contributed by atoms with Gasteiger partial charge in [0.15, 0.2) is 9.84 Å². The summed E-state index contributed by atoms with van der Waals surface area (Å²) in [5.41, 5.74) is 0.970. The summed E-state index contributed by atoms with van der Waals surface area (Å²) in [6.07, 6.45) is 0.171. The van der Waals surface area contributed by atoms with Crippen LogP contribution in [0.4, 0.5) is 5.69 Å². The zero-order valence-corrected chi connectivity index (χ0v) is 17.3. The number of ether oxygens (including phenoxy) is 2. The summed E-state index contributed by atoms with van der Waals surface area (Å²) < 4.78 is 34.1. The molecule has 1 aliphatic rings. The van der Waals surface area contributed by atoms with E-state index in [4.69, 9.17) is 9.47 Å². The summed E-state index contributed by atoms with van der Waals surface area (Å²) >= 11 is 0. The summed E-state index contributed by atoms with van der Waals surface area (Å²) in [6, 6.07) is 15.6. The number of anilines is 1. The van der Waals surface area contributed by atoms with E-state index in [-0.39, 0.29) is 12.2 Å². The number of hydrogen-bond donors (Lipinski definition) is 1. The molecule has 30 heavy (non-hydrogen) atoms. The summed E-state index contributed by atoms with van der Waals surface area (Å²) in [6.45, 7) is 2.27. The molecule has 8 heteroatoms. The number of carbonyl (C=O) groups is 2. The average molecular weight is 429 g/mol. The first-order valence-corrected chi connectivity index (χ1v) is 11.3. The number of carbonyl (C=O) groups excluding carboxylic acids is 2. The van der Waals surface area contributed by atoms with Gasteiger partial charge in [-0.1, -0.05) is 48.5 Å². The van der Waals surface area contributed by atoms with Crippen molar-refractivity contribution in [1.29, 1.82) is 0 Å². The van der Waals surface area contributed by atoms with Crippen molar-refractivity contribution in [2.24, 2.45) is 5.92 Å². The van der Waals surface area contributed by atoms with Gasteiger partial charge in [0.2, 0.25) is 6.10 Å². The Bertz CT molecular complexity index is 1030. The van der Waals surface area contributed by atoms with Crippen molar-refractivity contribution in [1.82, 2.24) is 0 Å². The van der Waals surface area contributed by atoms with Gasteiger partial charge in [0.05, 0.1) is 24.5 Å². The number of benzene rings is 2. The van der Waals surface area contributed by atoms with E-state index >= 15 is 0 Å². The number of allylic oxidation sites excluding steroid dienone is 1. The van der Waals surface area contributed by atoms with Crippen molar-refractivity contribution < 1.29 is 27.5 Å². The topological polar surface area (TPSA) is 98.8 Å². The lowest BCUT2D eigenvalue weighted by atomic mass is 10.1. The fraction of sp³-hybridized carbons (Fsp3) is 0.273. The molecule has 7 nitrogen and oxygen atoms in total. The standard InChI is InChI=1S/C22H23NO6S/c1-2-28-19-11-7-6-10-18(19)23-22(25)21(17-8-4-3-5-9-17)29-20(24)14-16-12-13-30(26,27)15-16/h3-13,16,21H,2,14-15H2,1H3,(H,23,25)/t16-,21+/m1/s1. The van der Waals surface area contributed by atoms with Crippen LogP contribution in [0.1, 0.15) is 25.0 Å². The molecule has 0 saturated heterocycles. The Morgan fingerprint density at radius 3 is 2.47 bits per heavy atom. The molecule has 1 aliphatic heterocycles. The number of rotatable bonds is 8. The van der Waals surface area contributed by atoms with Gasteiger partial charge >= 0.3 is 5.97 Å². The van der Waals surface area contributed by atoms with Gasteiger partial charge in [-0.15, -0.1) is 0 Å². The molecule has 1 amide bonds. The van der Waals surface area contributed by atoms with Crippen LogP contribution in [-0.2, 0) is 24.2 Å². The minimum Gasteiger partial charge on any atom is -0.492 e. The molecule has 158 valence electrons. The smallest absolute Gasteiger partial charge is 0.307 e. The number of esters is 1. The van der Waals surface area contributed by atoms with Crippen molar-refractivity contribution in [2.75, 3.05) is 17.7 Å². The Balaban J connectivity index is 1.75. The maximum absolute atomic E-state index is 13.0. The first kappa shape index (κ1) is 21.6. The Labute approximate surface area is 175 Å². The lowest BCUT2D eigenvalue weighted by molar-refractivity contribution is -0.155. The van der Waals surface area contributed by atoms with E-state index in [0.29, 0.717) is 23.6 Å². The third-order valence-corrected chi connectivity index (χ3v) is 5.93. The highest BCUT2D eigenvalue weighted by Crippen LogP contribution is 2.27. The fourth-order valence-electron chi connectivity index (χ4n) is 3.11. The van der Waals surface area contributed by atoms with E-state index in [1.165, 1.54) is 6.08 Å². The van der Waals surface area contributed by atoms with Gasteiger partial charge in [0.1, 0.15) is 5.75 Å². The molecule has 0 saturated carbocycles. The quantitative estimate of drug-likeness (QED) is 0.647. The Hall–Kier alpha value is -3.13. The maximum Gasteiger partial charge on any atom is 0.307 e. The van der Waals surface area contributed by atoms with Gasteiger partial charge in [-0.3, -0.25) is 9.59 Å². The minimum atomic E-state index is -3.27.